The minimum absolute atomic E-state index is 0.0184. The summed E-state index contributed by atoms with van der Waals surface area (Å²) in [7, 11) is 0. The lowest BCUT2D eigenvalue weighted by Crippen LogP contribution is -2.57. The zero-order valence-electron chi connectivity index (χ0n) is 59.5. The molecule has 15 aromatic rings. The second kappa shape index (κ2) is 20.4. The van der Waals surface area contributed by atoms with E-state index in [0.29, 0.717) is 0 Å². The molecule has 0 radical (unpaired) electrons. The van der Waals surface area contributed by atoms with Crippen molar-refractivity contribution in [2.24, 2.45) is 0 Å². The van der Waals surface area contributed by atoms with Crippen LogP contribution in [0.1, 0.15) is 158 Å². The van der Waals surface area contributed by atoms with Gasteiger partial charge in [-0.3, -0.25) is 4.57 Å². The molecule has 0 N–H and O–H groups in total. The number of pyridine rings is 1. The first-order valence-corrected chi connectivity index (χ1v) is 34.8. The summed E-state index contributed by atoms with van der Waals surface area (Å²) in [5, 5.41) is 9.42. The molecule has 0 bridgehead atoms. The topological polar surface area (TPSA) is 59.3 Å². The van der Waals surface area contributed by atoms with Crippen LogP contribution in [0.3, 0.4) is 0 Å². The lowest BCUT2D eigenvalue weighted by Gasteiger charge is -2.35. The Kier molecular flexibility index (Phi) is 12.8. The van der Waals surface area contributed by atoms with Gasteiger partial charge in [0.2, 0.25) is 0 Å². The normalized spacial score (nSPS) is 13.8. The minimum Gasteiger partial charge on any atom is -0.458 e. The highest BCUT2D eigenvalue weighted by Crippen LogP contribution is 2.47. The Morgan fingerprint density at radius 3 is 1.39 bits per heavy atom. The van der Waals surface area contributed by atoms with Crippen molar-refractivity contribution in [2.45, 2.75) is 157 Å². The molecule has 8 heteroatoms. The van der Waals surface area contributed by atoms with Crippen LogP contribution in [0.25, 0.3) is 116 Å². The fourth-order valence-electron chi connectivity index (χ4n) is 15.6. The fourth-order valence-corrected chi connectivity index (χ4v) is 15.6. The van der Waals surface area contributed by atoms with Crippen molar-refractivity contribution in [1.82, 2.24) is 18.7 Å². The largest absolute Gasteiger partial charge is 0.458 e. The van der Waals surface area contributed by atoms with Crippen LogP contribution in [0.5, 0.6) is 23.0 Å². The maximum atomic E-state index is 7.35. The first kappa shape index (κ1) is 60.9. The van der Waals surface area contributed by atoms with E-state index in [4.69, 9.17) is 18.9 Å². The highest BCUT2D eigenvalue weighted by atomic mass is 16.5. The van der Waals surface area contributed by atoms with Crippen molar-refractivity contribution >= 4 is 110 Å². The van der Waals surface area contributed by atoms with Crippen LogP contribution in [-0.4, -0.2) is 25.4 Å². The van der Waals surface area contributed by atoms with Gasteiger partial charge in [-0.25, -0.2) is 4.98 Å². The van der Waals surface area contributed by atoms with Crippen molar-refractivity contribution in [3.05, 3.63) is 221 Å². The highest BCUT2D eigenvalue weighted by molar-refractivity contribution is 6.98. The van der Waals surface area contributed by atoms with Crippen LogP contribution in [-0.2, 0) is 32.5 Å². The van der Waals surface area contributed by atoms with E-state index in [2.05, 4.69) is 326 Å². The molecule has 2 aliphatic heterocycles. The number of ether oxygens (including phenoxy) is 2. The van der Waals surface area contributed by atoms with E-state index in [0.717, 1.165) is 128 Å². The predicted octanol–water partition coefficient (Wildman–Crippen LogP) is 22.5. The smallest absolute Gasteiger partial charge is 0.260 e. The van der Waals surface area contributed by atoms with Gasteiger partial charge in [0.05, 0.1) is 44.5 Å². The third-order valence-corrected chi connectivity index (χ3v) is 21.3. The number of furan rings is 1. The van der Waals surface area contributed by atoms with Crippen molar-refractivity contribution in [3.8, 4) is 51.4 Å². The summed E-state index contributed by atoms with van der Waals surface area (Å²) in [5.41, 5.74) is 22.6. The Hall–Kier alpha value is -9.79. The van der Waals surface area contributed by atoms with Crippen LogP contribution >= 0.6 is 0 Å². The standard InChI is InChI=1S/C89H85BN4O3/c1-84(2,3)51-27-34-68-63(40-51)64-41-52(85(4,5)6)28-35-69(64)92(68)57-29-33-65-77(48-57)97-79-46-56(89(16,17)18)45-78-83(79)90(65)66-39-50(23-37-75(66)96-78)67-47-58(93-71-42-53(86(7,8)9)24-30-59(71)60-31-25-54(43-72(60)93)87(10,11)12)49-80(91-67)94-70-36-38-76-82(62-21-19-20-22-74(62)95-76)81(70)61-32-26-55(44-73(61)94)88(13,14)15/h19-49H,1-18H3. The summed E-state index contributed by atoms with van der Waals surface area (Å²) in [6.07, 6.45) is 0. The molecule has 7 heterocycles. The van der Waals surface area contributed by atoms with Gasteiger partial charge >= 0.3 is 0 Å². The lowest BCUT2D eigenvalue weighted by atomic mass is 9.34. The second-order valence-corrected chi connectivity index (χ2v) is 34.2. The third-order valence-electron chi connectivity index (χ3n) is 21.3. The first-order valence-electron chi connectivity index (χ1n) is 34.8. The van der Waals surface area contributed by atoms with Gasteiger partial charge in [0, 0.05) is 71.9 Å². The van der Waals surface area contributed by atoms with Gasteiger partial charge in [-0.1, -0.05) is 203 Å². The summed E-state index contributed by atoms with van der Waals surface area (Å²) in [6, 6.07) is 71.1. The maximum Gasteiger partial charge on any atom is 0.260 e. The van der Waals surface area contributed by atoms with E-state index in [1.54, 1.807) is 0 Å². The third kappa shape index (κ3) is 9.54. The molecule has 0 unspecified atom stereocenters. The highest BCUT2D eigenvalue weighted by Gasteiger charge is 2.42. The number of hydrogen-bond donors (Lipinski definition) is 0. The average Bonchev–Trinajstić information content (AvgIpc) is 1.68. The molecule has 0 aliphatic carbocycles. The summed E-state index contributed by atoms with van der Waals surface area (Å²) in [5.74, 6) is 4.11. The monoisotopic (exact) mass is 1270 g/mol. The van der Waals surface area contributed by atoms with Gasteiger partial charge in [-0.2, -0.15) is 0 Å². The molecule has 0 atom stereocenters. The molecule has 97 heavy (non-hydrogen) atoms. The Balaban J connectivity index is 0.926. The summed E-state index contributed by atoms with van der Waals surface area (Å²) < 4.78 is 28.6. The van der Waals surface area contributed by atoms with Crippen LogP contribution < -0.4 is 25.9 Å². The number of nitrogens with zero attached hydrogens (tertiary/aromatic N) is 4. The molecule has 482 valence electrons. The molecule has 2 aliphatic rings. The zero-order chi connectivity index (χ0) is 67.7. The molecular weight excluding hydrogens is 1180 g/mol. The van der Waals surface area contributed by atoms with E-state index >= 15 is 0 Å². The lowest BCUT2D eigenvalue weighted by molar-refractivity contribution is 0.458. The number of benzene rings is 10. The van der Waals surface area contributed by atoms with Crippen molar-refractivity contribution in [2.75, 3.05) is 0 Å². The first-order chi connectivity index (χ1) is 45.8. The predicted molar refractivity (Wildman–Crippen MR) is 410 cm³/mol. The summed E-state index contributed by atoms with van der Waals surface area (Å²) in [4.78, 5) is 6.00. The van der Waals surface area contributed by atoms with E-state index in [9.17, 15) is 0 Å². The SMILES string of the molecule is CC(C)(C)c1cc2c3c(c1)Oc1ccc(-c4cc(-n5c6cc(C(C)(C)C)ccc6c6ccc(C(C)(C)C)cc65)cc(-n5c6cc(C(C)(C)C)ccc6c6c7c(ccc65)oc5ccccc57)n4)cc1B3c1ccc(-n3c4ccc(C(C)(C)C)cc4c4cc(C(C)(C)C)ccc43)cc1O2. The van der Waals surface area contributed by atoms with Gasteiger partial charge in [-0.15, -0.1) is 0 Å². The number of hydrogen-bond acceptors (Lipinski definition) is 4. The zero-order valence-corrected chi connectivity index (χ0v) is 59.5. The molecule has 5 aromatic heterocycles. The second-order valence-electron chi connectivity index (χ2n) is 34.2. The molecule has 0 spiro atoms. The average molecular weight is 1270 g/mol. The maximum absolute atomic E-state index is 7.35. The van der Waals surface area contributed by atoms with Gasteiger partial charge in [0.15, 0.2) is 0 Å². The van der Waals surface area contributed by atoms with Crippen LogP contribution in [0.2, 0.25) is 0 Å². The Morgan fingerprint density at radius 1 is 0.309 bits per heavy atom. The Bertz CT molecular complexity index is 5760. The summed E-state index contributed by atoms with van der Waals surface area (Å²) in [6.45, 7) is 41.2. The number of rotatable bonds is 4. The molecule has 0 saturated heterocycles. The number of para-hydroxylation sites is 1. The number of fused-ring (bicyclic) bond motifs is 17. The molecule has 0 fully saturated rings. The molecule has 0 saturated carbocycles. The van der Waals surface area contributed by atoms with Crippen LogP contribution in [0.15, 0.2) is 192 Å². The van der Waals surface area contributed by atoms with E-state index < -0.39 is 0 Å². The molecule has 7 nitrogen and oxygen atoms in total. The molecule has 0 amide bonds. The van der Waals surface area contributed by atoms with Gasteiger partial charge < -0.3 is 23.0 Å². The Morgan fingerprint density at radius 2 is 0.814 bits per heavy atom. The van der Waals surface area contributed by atoms with Crippen molar-refractivity contribution in [3.63, 3.8) is 0 Å². The summed E-state index contributed by atoms with van der Waals surface area (Å²) >= 11 is 0. The van der Waals surface area contributed by atoms with Crippen LogP contribution in [0, 0.1) is 0 Å². The van der Waals surface area contributed by atoms with E-state index in [-0.39, 0.29) is 39.2 Å². The quantitative estimate of drug-likeness (QED) is 0.165. The minimum atomic E-state index is -0.227. The molecule has 17 rings (SSSR count). The number of aromatic nitrogens is 4. The van der Waals surface area contributed by atoms with Gasteiger partial charge in [0.25, 0.3) is 6.71 Å². The molecule has 10 aromatic carbocycles. The Labute approximate surface area is 569 Å². The van der Waals surface area contributed by atoms with Crippen LogP contribution in [0.4, 0.5) is 0 Å². The van der Waals surface area contributed by atoms with Gasteiger partial charge in [-0.05, 0) is 174 Å². The van der Waals surface area contributed by atoms with Crippen molar-refractivity contribution < 1.29 is 13.9 Å². The van der Waals surface area contributed by atoms with Gasteiger partial charge in [0.1, 0.15) is 40.0 Å². The van der Waals surface area contributed by atoms with Crippen molar-refractivity contribution in [1.29, 1.82) is 0 Å². The van der Waals surface area contributed by atoms with E-state index in [1.165, 1.54) is 60.4 Å². The molecular formula is C89H85BN4O3. The van der Waals surface area contributed by atoms with E-state index in [1.807, 2.05) is 0 Å². The fraction of sp³-hybridized carbons (Fsp3) is 0.270.